The Morgan fingerprint density at radius 1 is 0.938 bits per heavy atom. The van der Waals surface area contributed by atoms with Gasteiger partial charge < -0.3 is 24.9 Å². The highest BCUT2D eigenvalue weighted by molar-refractivity contribution is 5.85. The Bertz CT molecular complexity index is 1640. The summed E-state index contributed by atoms with van der Waals surface area (Å²) in [7, 11) is 3.52. The summed E-state index contributed by atoms with van der Waals surface area (Å²) >= 11 is 0. The fraction of sp³-hybridized carbons (Fsp3) is 0.289. The first kappa shape index (κ1) is 35.7. The number of fused-ring (bicyclic) bond motifs is 1. The smallest absolute Gasteiger partial charge is 0.332 e. The zero-order valence-electron chi connectivity index (χ0n) is 27.9. The molecule has 0 aliphatic rings. The van der Waals surface area contributed by atoms with Gasteiger partial charge in [-0.3, -0.25) is 14.7 Å². The summed E-state index contributed by atoms with van der Waals surface area (Å²) in [4.78, 5) is 42.5. The Morgan fingerprint density at radius 3 is 2.29 bits per heavy atom. The number of aldehydes is 1. The Hall–Kier alpha value is -5.19. The number of phenols is 1. The normalized spacial score (nSPS) is 12.4. The van der Waals surface area contributed by atoms with Crippen LogP contribution in [0.25, 0.3) is 10.8 Å². The van der Waals surface area contributed by atoms with E-state index in [-0.39, 0.29) is 38.0 Å². The molecule has 10 heteroatoms. The molecule has 4 aromatic rings. The molecule has 10 nitrogen and oxygen atoms in total. The Balaban J connectivity index is 1.65. The molecule has 2 atom stereocenters. The second-order valence-corrected chi connectivity index (χ2v) is 11.7. The molecule has 4 rings (SSSR count). The van der Waals surface area contributed by atoms with Crippen molar-refractivity contribution in [2.75, 3.05) is 33.8 Å². The molecule has 48 heavy (non-hydrogen) atoms. The zero-order chi connectivity index (χ0) is 34.5. The average Bonchev–Trinajstić information content (AvgIpc) is 3.11. The van der Waals surface area contributed by atoms with Crippen LogP contribution in [0.5, 0.6) is 11.5 Å². The van der Waals surface area contributed by atoms with E-state index in [1.807, 2.05) is 85.9 Å². The van der Waals surface area contributed by atoms with E-state index in [0.717, 1.165) is 40.2 Å². The monoisotopic (exact) mass is 651 g/mol. The number of aromatic hydroxyl groups is 1. The molecule has 0 aliphatic carbocycles. The van der Waals surface area contributed by atoms with E-state index in [2.05, 4.69) is 23.7 Å². The lowest BCUT2D eigenvalue weighted by atomic mass is 10.0. The molecule has 252 valence electrons. The number of amides is 3. The van der Waals surface area contributed by atoms with E-state index in [9.17, 15) is 19.5 Å². The highest BCUT2D eigenvalue weighted by Gasteiger charge is 2.33. The van der Waals surface area contributed by atoms with Crippen LogP contribution in [0.2, 0.25) is 0 Å². The molecule has 0 aliphatic heterocycles. The number of nitrogens with zero attached hydrogens (tertiary/aromatic N) is 4. The number of nitrogens with one attached hydrogen (secondary N) is 1. The van der Waals surface area contributed by atoms with E-state index in [4.69, 9.17) is 4.74 Å². The number of hydrogen-bond donors (Lipinski definition) is 2. The van der Waals surface area contributed by atoms with E-state index in [0.29, 0.717) is 18.7 Å². The Labute approximate surface area is 282 Å². The summed E-state index contributed by atoms with van der Waals surface area (Å²) in [6.45, 7) is 6.73. The topological polar surface area (TPSA) is 106 Å². The second-order valence-electron chi connectivity index (χ2n) is 11.7. The van der Waals surface area contributed by atoms with E-state index >= 15 is 0 Å². The lowest BCUT2D eigenvalue weighted by Gasteiger charge is -2.45. The molecule has 4 aromatic carbocycles. The maximum absolute atomic E-state index is 13.8. The van der Waals surface area contributed by atoms with Crippen LogP contribution in [0.15, 0.2) is 104 Å². The fourth-order valence-electron chi connectivity index (χ4n) is 5.74. The number of ether oxygens (including phenoxy) is 1. The van der Waals surface area contributed by atoms with Gasteiger partial charge in [0.15, 0.2) is 0 Å². The van der Waals surface area contributed by atoms with Crippen LogP contribution >= 0.6 is 0 Å². The molecule has 0 radical (unpaired) electrons. The number of carbonyl (C=O) groups is 3. The highest BCUT2D eigenvalue weighted by atomic mass is 16.5. The quantitative estimate of drug-likeness (QED) is 0.0659. The molecule has 0 spiro atoms. The van der Waals surface area contributed by atoms with Crippen molar-refractivity contribution < 1.29 is 24.2 Å². The van der Waals surface area contributed by atoms with Crippen molar-refractivity contribution in [1.29, 1.82) is 0 Å². The van der Waals surface area contributed by atoms with Crippen LogP contribution < -0.4 is 10.1 Å². The molecule has 3 amide bonds. The van der Waals surface area contributed by atoms with Crippen LogP contribution in [0.4, 0.5) is 4.79 Å². The minimum Gasteiger partial charge on any atom is -0.508 e. The molecule has 0 saturated heterocycles. The predicted octanol–water partition coefficient (Wildman–Crippen LogP) is 5.22. The maximum atomic E-state index is 13.8. The molecular weight excluding hydrogens is 606 g/mol. The van der Waals surface area contributed by atoms with Crippen molar-refractivity contribution in [1.82, 2.24) is 25.1 Å². The summed E-state index contributed by atoms with van der Waals surface area (Å²) in [5.74, 6) is 0.900. The first-order chi connectivity index (χ1) is 23.3. The van der Waals surface area contributed by atoms with Gasteiger partial charge in [0.1, 0.15) is 17.8 Å². The van der Waals surface area contributed by atoms with Gasteiger partial charge in [-0.1, -0.05) is 72.8 Å². The van der Waals surface area contributed by atoms with Gasteiger partial charge in [-0.2, -0.15) is 5.01 Å². The van der Waals surface area contributed by atoms with Gasteiger partial charge in [-0.15, -0.1) is 6.58 Å². The van der Waals surface area contributed by atoms with Crippen molar-refractivity contribution in [3.8, 4) is 11.5 Å². The Kier molecular flexibility index (Phi) is 13.1. The average molecular weight is 652 g/mol. The first-order valence-corrected chi connectivity index (χ1v) is 15.9. The number of phenolic OH excluding ortho intramolecular Hbond substituents is 1. The molecule has 0 aromatic heterocycles. The first-order valence-electron chi connectivity index (χ1n) is 15.9. The molecular formula is C38H45N5O5. The summed E-state index contributed by atoms with van der Waals surface area (Å²) in [6.07, 6.45) is 3.21. The summed E-state index contributed by atoms with van der Waals surface area (Å²) in [5.41, 5.74) is 2.87. The third-order valence-electron chi connectivity index (χ3n) is 8.49. The summed E-state index contributed by atoms with van der Waals surface area (Å²) in [5, 5.41) is 18.1. The van der Waals surface area contributed by atoms with Crippen molar-refractivity contribution in [2.45, 2.75) is 38.6 Å². The van der Waals surface area contributed by atoms with Crippen molar-refractivity contribution in [2.24, 2.45) is 0 Å². The number of likely N-dealkylation sites (N-methyl/N-ethyl adjacent to an activating group) is 1. The largest absolute Gasteiger partial charge is 0.508 e. The zero-order valence-corrected chi connectivity index (χ0v) is 27.9. The van der Waals surface area contributed by atoms with Crippen LogP contribution in [0, 0.1) is 0 Å². The van der Waals surface area contributed by atoms with Crippen molar-refractivity contribution in [3.05, 3.63) is 120 Å². The predicted molar refractivity (Wildman–Crippen MR) is 188 cm³/mol. The van der Waals surface area contributed by atoms with Gasteiger partial charge in [-0.05, 0) is 72.1 Å². The summed E-state index contributed by atoms with van der Waals surface area (Å²) < 4.78 is 5.24. The number of hydrazine groups is 1. The number of methoxy groups -OCH3 is 1. The number of hydrogen-bond acceptors (Lipinski definition) is 7. The number of benzene rings is 4. The fourth-order valence-corrected chi connectivity index (χ4v) is 5.74. The molecule has 0 unspecified atom stereocenters. The highest BCUT2D eigenvalue weighted by Crippen LogP contribution is 2.22. The third-order valence-corrected chi connectivity index (χ3v) is 8.49. The van der Waals surface area contributed by atoms with Crippen molar-refractivity contribution >= 4 is 29.5 Å². The van der Waals surface area contributed by atoms with Gasteiger partial charge in [-0.25, -0.2) is 4.79 Å². The van der Waals surface area contributed by atoms with E-state index in [1.165, 1.54) is 5.01 Å². The van der Waals surface area contributed by atoms with E-state index < -0.39 is 12.2 Å². The van der Waals surface area contributed by atoms with E-state index in [1.54, 1.807) is 35.2 Å². The lowest BCUT2D eigenvalue weighted by Crippen LogP contribution is -2.63. The number of rotatable bonds is 18. The summed E-state index contributed by atoms with van der Waals surface area (Å²) in [6, 6.07) is 28.0. The molecule has 0 fully saturated rings. The molecule has 2 N–H and O–H groups in total. The minimum absolute atomic E-state index is 0.0901. The van der Waals surface area contributed by atoms with Crippen molar-refractivity contribution in [3.63, 3.8) is 0 Å². The molecule has 0 heterocycles. The van der Waals surface area contributed by atoms with Crippen LogP contribution in [0.1, 0.15) is 23.6 Å². The maximum Gasteiger partial charge on any atom is 0.332 e. The molecule has 0 bridgehead atoms. The van der Waals surface area contributed by atoms with Crippen LogP contribution in [-0.4, -0.2) is 89.7 Å². The number of carbonyl (C=O) groups excluding carboxylic acids is 3. The van der Waals surface area contributed by atoms with Gasteiger partial charge in [0, 0.05) is 19.1 Å². The standard InChI is InChI=1S/C38H45N5O5/c1-5-21-43(38(47)39-25-31-15-19-35(48-4)20-16-31)42(22-23-44)37(40(3)29(2)24-30-13-17-34(46)18-14-30)27-41(28-45)26-33-11-8-10-32-9-6-7-12-36(32)33/h5-20,23,28-29,37,46H,1,21-22,24-27H2,2-4H3,(H,39,47)/t29-,37+/m1/s1. The van der Waals surface area contributed by atoms with Crippen LogP contribution in [0.3, 0.4) is 0 Å². The van der Waals surface area contributed by atoms with Gasteiger partial charge in [0.05, 0.1) is 32.9 Å². The minimum atomic E-state index is -0.589. The molecule has 0 saturated carbocycles. The Morgan fingerprint density at radius 2 is 1.62 bits per heavy atom. The third kappa shape index (κ3) is 9.43. The SMILES string of the molecule is C=CCN(C(=O)NCc1ccc(OC)cc1)N(CC=O)[C@@H](CN(C=O)Cc1cccc2ccccc12)N(C)[C@H](C)Cc1ccc(O)cc1. The van der Waals surface area contributed by atoms with Crippen LogP contribution in [-0.2, 0) is 29.1 Å². The van der Waals surface area contributed by atoms with Gasteiger partial charge in [0.2, 0.25) is 6.41 Å². The number of urea groups is 1. The van der Waals surface area contributed by atoms with Gasteiger partial charge in [0.25, 0.3) is 0 Å². The lowest BCUT2D eigenvalue weighted by molar-refractivity contribution is -0.130. The second kappa shape index (κ2) is 17.7. The van der Waals surface area contributed by atoms with Gasteiger partial charge >= 0.3 is 6.03 Å².